The summed E-state index contributed by atoms with van der Waals surface area (Å²) < 4.78 is 44.0. The summed E-state index contributed by atoms with van der Waals surface area (Å²) in [5.41, 5.74) is 2.54. The van der Waals surface area contributed by atoms with E-state index in [-0.39, 0.29) is 4.90 Å². The third-order valence-corrected chi connectivity index (χ3v) is 6.56. The zero-order chi connectivity index (χ0) is 24.2. The van der Waals surface area contributed by atoms with Gasteiger partial charge in [0.1, 0.15) is 6.04 Å². The minimum absolute atomic E-state index is 0.0768. The van der Waals surface area contributed by atoms with E-state index in [1.165, 1.54) is 32.0 Å². The molecule has 0 aromatic heterocycles. The van der Waals surface area contributed by atoms with Crippen LogP contribution >= 0.6 is 0 Å². The number of sulfonamides is 1. The third-order valence-electron chi connectivity index (χ3n) is 5.02. The van der Waals surface area contributed by atoms with E-state index >= 15 is 0 Å². The summed E-state index contributed by atoms with van der Waals surface area (Å²) in [5.74, 6) is -0.616. The molecule has 0 bridgehead atoms. The van der Waals surface area contributed by atoms with Crippen LogP contribution in [-0.4, -0.2) is 45.7 Å². The fourth-order valence-electron chi connectivity index (χ4n) is 3.18. The maximum Gasteiger partial charge on any atom is 0.324 e. The van der Waals surface area contributed by atoms with Gasteiger partial charge in [0.05, 0.1) is 18.1 Å². The summed E-state index contributed by atoms with van der Waals surface area (Å²) >= 11 is 0. The van der Waals surface area contributed by atoms with Crippen LogP contribution in [0.15, 0.2) is 41.3 Å². The van der Waals surface area contributed by atoms with E-state index in [0.29, 0.717) is 36.8 Å². The number of carbonyl (C=O) groups excluding carboxylic acids is 2. The Morgan fingerprint density at radius 1 is 1.00 bits per heavy atom. The van der Waals surface area contributed by atoms with Crippen molar-refractivity contribution in [1.82, 2.24) is 4.72 Å². The minimum Gasteiger partial charge on any atom is -0.490 e. The van der Waals surface area contributed by atoms with Crippen molar-refractivity contribution in [3.63, 3.8) is 0 Å². The average Bonchev–Trinajstić information content (AvgIpc) is 3.00. The summed E-state index contributed by atoms with van der Waals surface area (Å²) in [6.07, 6.45) is -0.434. The first-order chi connectivity index (χ1) is 15.6. The van der Waals surface area contributed by atoms with Crippen LogP contribution in [0.3, 0.4) is 0 Å². The van der Waals surface area contributed by atoms with E-state index in [9.17, 15) is 18.0 Å². The van der Waals surface area contributed by atoms with Gasteiger partial charge in [-0.1, -0.05) is 17.7 Å². The maximum atomic E-state index is 12.8. The molecular formula is C23H28N2O7S. The summed E-state index contributed by atoms with van der Waals surface area (Å²) in [7, 11) is -4.05. The molecule has 2 aromatic carbocycles. The molecule has 2 aromatic rings. The van der Waals surface area contributed by atoms with E-state index in [4.69, 9.17) is 14.2 Å². The fourth-order valence-corrected chi connectivity index (χ4v) is 4.38. The Balaban J connectivity index is 1.61. The third kappa shape index (κ3) is 6.23. The Bertz CT molecular complexity index is 1150. The molecule has 0 fully saturated rings. The van der Waals surface area contributed by atoms with Gasteiger partial charge in [0.15, 0.2) is 17.6 Å². The van der Waals surface area contributed by atoms with Crippen LogP contribution in [0.4, 0.5) is 5.69 Å². The Morgan fingerprint density at radius 3 is 2.39 bits per heavy atom. The number of rotatable bonds is 7. The van der Waals surface area contributed by atoms with Crippen molar-refractivity contribution in [2.45, 2.75) is 51.2 Å². The zero-order valence-electron chi connectivity index (χ0n) is 19.0. The zero-order valence-corrected chi connectivity index (χ0v) is 19.8. The molecule has 0 saturated carbocycles. The number of anilines is 1. The fraction of sp³-hybridized carbons (Fsp3) is 0.391. The van der Waals surface area contributed by atoms with Gasteiger partial charge in [0.25, 0.3) is 5.91 Å². The predicted octanol–water partition coefficient (Wildman–Crippen LogP) is 2.70. The van der Waals surface area contributed by atoms with Crippen molar-refractivity contribution >= 4 is 27.6 Å². The van der Waals surface area contributed by atoms with Gasteiger partial charge in [-0.15, -0.1) is 0 Å². The molecular weight excluding hydrogens is 448 g/mol. The number of hydrogen-bond donors (Lipinski definition) is 2. The molecule has 1 aliphatic heterocycles. The highest BCUT2D eigenvalue weighted by atomic mass is 32.2. The van der Waals surface area contributed by atoms with E-state index in [2.05, 4.69) is 10.0 Å². The molecule has 2 atom stereocenters. The molecule has 33 heavy (non-hydrogen) atoms. The highest BCUT2D eigenvalue weighted by Crippen LogP contribution is 2.31. The number of hydrogen-bond acceptors (Lipinski definition) is 7. The number of aryl methyl sites for hydroxylation is 2. The Kier molecular flexibility index (Phi) is 7.60. The number of carbonyl (C=O) groups is 2. The summed E-state index contributed by atoms with van der Waals surface area (Å²) in [6.45, 7) is 7.46. The number of ether oxygens (including phenoxy) is 3. The van der Waals surface area contributed by atoms with E-state index < -0.39 is 34.0 Å². The van der Waals surface area contributed by atoms with E-state index in [1.807, 2.05) is 26.0 Å². The van der Waals surface area contributed by atoms with Gasteiger partial charge >= 0.3 is 5.97 Å². The highest BCUT2D eigenvalue weighted by molar-refractivity contribution is 7.89. The van der Waals surface area contributed by atoms with Crippen molar-refractivity contribution < 1.29 is 32.2 Å². The first kappa shape index (κ1) is 24.5. The van der Waals surface area contributed by atoms with Crippen LogP contribution in [-0.2, 0) is 24.3 Å². The van der Waals surface area contributed by atoms with E-state index in [1.54, 1.807) is 6.07 Å². The smallest absolute Gasteiger partial charge is 0.324 e. The monoisotopic (exact) mass is 476 g/mol. The largest absolute Gasteiger partial charge is 0.490 e. The standard InChI is InChI=1S/C23H28N2O7S/c1-14-6-8-19(15(2)12-14)24-22(26)17(4)32-23(27)16(3)25-33(28,29)18-7-9-20-21(13-18)31-11-5-10-30-20/h6-9,12-13,16-17,25H,5,10-11H2,1-4H3,(H,24,26)/t16-,17+/m0/s1. The van der Waals surface area contributed by atoms with Crippen LogP contribution in [0, 0.1) is 13.8 Å². The van der Waals surface area contributed by atoms with Crippen LogP contribution < -0.4 is 19.5 Å². The average molecular weight is 477 g/mol. The van der Waals surface area contributed by atoms with Crippen molar-refractivity contribution in [2.24, 2.45) is 0 Å². The van der Waals surface area contributed by atoms with Crippen molar-refractivity contribution in [3.8, 4) is 11.5 Å². The van der Waals surface area contributed by atoms with Crippen LogP contribution in [0.5, 0.6) is 11.5 Å². The molecule has 3 rings (SSSR count). The SMILES string of the molecule is Cc1ccc(NC(=O)[C@@H](C)OC(=O)[C@H](C)NS(=O)(=O)c2ccc3c(c2)OCCCO3)c(C)c1. The van der Waals surface area contributed by atoms with Gasteiger partial charge in [-0.2, -0.15) is 4.72 Å². The van der Waals surface area contributed by atoms with Gasteiger partial charge in [0.2, 0.25) is 10.0 Å². The topological polar surface area (TPSA) is 120 Å². The normalized spacial score (nSPS) is 15.2. The summed E-state index contributed by atoms with van der Waals surface area (Å²) in [6, 6.07) is 8.55. The van der Waals surface area contributed by atoms with Crippen molar-refractivity contribution in [3.05, 3.63) is 47.5 Å². The van der Waals surface area contributed by atoms with Gasteiger partial charge in [-0.25, -0.2) is 8.42 Å². The van der Waals surface area contributed by atoms with Gasteiger partial charge < -0.3 is 19.5 Å². The maximum absolute atomic E-state index is 12.8. The Hall–Kier alpha value is -3.11. The van der Waals surface area contributed by atoms with Gasteiger partial charge in [-0.3, -0.25) is 9.59 Å². The molecule has 1 aliphatic rings. The number of nitrogens with one attached hydrogen (secondary N) is 2. The second kappa shape index (κ2) is 10.2. The Morgan fingerprint density at radius 2 is 1.70 bits per heavy atom. The second-order valence-electron chi connectivity index (χ2n) is 7.89. The van der Waals surface area contributed by atoms with Gasteiger partial charge in [0, 0.05) is 18.2 Å². The van der Waals surface area contributed by atoms with Crippen LogP contribution in [0.25, 0.3) is 0 Å². The lowest BCUT2D eigenvalue weighted by Gasteiger charge is -2.18. The minimum atomic E-state index is -4.05. The number of amides is 1. The van der Waals surface area contributed by atoms with Gasteiger partial charge in [-0.05, 0) is 51.5 Å². The molecule has 0 saturated heterocycles. The van der Waals surface area contributed by atoms with Crippen molar-refractivity contribution in [1.29, 1.82) is 0 Å². The van der Waals surface area contributed by atoms with E-state index in [0.717, 1.165) is 11.1 Å². The molecule has 1 amide bonds. The molecule has 2 N–H and O–H groups in total. The summed E-state index contributed by atoms with van der Waals surface area (Å²) in [5, 5.41) is 2.71. The van der Waals surface area contributed by atoms with Crippen LogP contribution in [0.1, 0.15) is 31.4 Å². The summed E-state index contributed by atoms with van der Waals surface area (Å²) in [4.78, 5) is 24.8. The first-order valence-corrected chi connectivity index (χ1v) is 12.1. The number of esters is 1. The molecule has 0 radical (unpaired) electrons. The lowest BCUT2D eigenvalue weighted by atomic mass is 10.1. The predicted molar refractivity (Wildman–Crippen MR) is 122 cm³/mol. The molecule has 9 nitrogen and oxygen atoms in total. The number of benzene rings is 2. The molecule has 10 heteroatoms. The first-order valence-electron chi connectivity index (χ1n) is 10.6. The lowest BCUT2D eigenvalue weighted by Crippen LogP contribution is -2.42. The molecule has 1 heterocycles. The highest BCUT2D eigenvalue weighted by Gasteiger charge is 2.27. The quantitative estimate of drug-likeness (QED) is 0.590. The number of fused-ring (bicyclic) bond motifs is 1. The molecule has 178 valence electrons. The second-order valence-corrected chi connectivity index (χ2v) is 9.60. The van der Waals surface area contributed by atoms with Crippen molar-refractivity contribution in [2.75, 3.05) is 18.5 Å². The lowest BCUT2D eigenvalue weighted by molar-refractivity contribution is -0.154. The molecule has 0 unspecified atom stereocenters. The van der Waals surface area contributed by atoms with Crippen LogP contribution in [0.2, 0.25) is 0 Å². The molecule has 0 spiro atoms. The molecule has 0 aliphatic carbocycles. The Labute approximate surface area is 193 Å².